The van der Waals surface area contributed by atoms with Crippen molar-refractivity contribution in [2.45, 2.75) is 142 Å². The SMILES string of the molecule is CCCCCC/C=C\C/C=C\CCCCCCCCCC(=O)OC(COC(=O)CCCCC)COP(=O)([O-])OCC[N+](C)(C)C. The van der Waals surface area contributed by atoms with E-state index >= 15 is 0 Å². The maximum absolute atomic E-state index is 12.5. The fourth-order valence-electron chi connectivity index (χ4n) is 4.39. The van der Waals surface area contributed by atoms with Crippen molar-refractivity contribution in [1.29, 1.82) is 0 Å². The predicted molar refractivity (Wildman–Crippen MR) is 181 cm³/mol. The number of phosphoric ester groups is 1. The lowest BCUT2D eigenvalue weighted by molar-refractivity contribution is -0.870. The van der Waals surface area contributed by atoms with Gasteiger partial charge in [0.2, 0.25) is 0 Å². The molecule has 45 heavy (non-hydrogen) atoms. The highest BCUT2D eigenvalue weighted by molar-refractivity contribution is 7.45. The van der Waals surface area contributed by atoms with E-state index in [9.17, 15) is 19.0 Å². The zero-order valence-corrected chi connectivity index (χ0v) is 30.2. The van der Waals surface area contributed by atoms with Gasteiger partial charge in [-0.15, -0.1) is 0 Å². The largest absolute Gasteiger partial charge is 0.756 e. The fourth-order valence-corrected chi connectivity index (χ4v) is 5.12. The molecule has 2 unspecified atom stereocenters. The third kappa shape index (κ3) is 32.2. The monoisotopic (exact) mass is 659 g/mol. The van der Waals surface area contributed by atoms with Gasteiger partial charge in [-0.1, -0.05) is 102 Å². The molecular formula is C35H66NO8P. The van der Waals surface area contributed by atoms with Gasteiger partial charge in [0.25, 0.3) is 7.82 Å². The van der Waals surface area contributed by atoms with Gasteiger partial charge in [0.1, 0.15) is 19.8 Å². The van der Waals surface area contributed by atoms with Gasteiger partial charge in [0.05, 0.1) is 27.7 Å². The van der Waals surface area contributed by atoms with E-state index in [1.165, 1.54) is 51.4 Å². The second-order valence-corrected chi connectivity index (χ2v) is 14.3. The molecule has 0 saturated heterocycles. The summed E-state index contributed by atoms with van der Waals surface area (Å²) in [6, 6.07) is 0. The molecule has 0 fully saturated rings. The predicted octanol–water partition coefficient (Wildman–Crippen LogP) is 8.21. The Bertz CT molecular complexity index is 840. The molecule has 0 aromatic rings. The number of nitrogens with zero attached hydrogens (tertiary/aromatic N) is 1. The Kier molecular flexibility index (Phi) is 27.7. The smallest absolute Gasteiger partial charge is 0.306 e. The van der Waals surface area contributed by atoms with E-state index in [1.54, 1.807) is 0 Å². The molecule has 0 spiro atoms. The van der Waals surface area contributed by atoms with Gasteiger partial charge >= 0.3 is 11.9 Å². The van der Waals surface area contributed by atoms with Gasteiger partial charge < -0.3 is 27.9 Å². The van der Waals surface area contributed by atoms with E-state index in [2.05, 4.69) is 31.2 Å². The van der Waals surface area contributed by atoms with Crippen molar-refractivity contribution in [1.82, 2.24) is 0 Å². The zero-order chi connectivity index (χ0) is 33.7. The summed E-state index contributed by atoms with van der Waals surface area (Å²) in [7, 11) is 1.15. The van der Waals surface area contributed by atoms with Gasteiger partial charge in [-0.3, -0.25) is 14.2 Å². The molecule has 0 saturated carbocycles. The van der Waals surface area contributed by atoms with Crippen LogP contribution in [-0.2, 0) is 32.7 Å². The van der Waals surface area contributed by atoms with Crippen LogP contribution < -0.4 is 4.89 Å². The Morgan fingerprint density at radius 2 is 1.20 bits per heavy atom. The molecule has 0 rings (SSSR count). The van der Waals surface area contributed by atoms with Gasteiger partial charge in [-0.05, 0) is 44.9 Å². The number of unbranched alkanes of at least 4 members (excludes halogenated alkanes) is 13. The number of carbonyl (C=O) groups is 2. The molecule has 0 aromatic heterocycles. The first-order valence-corrected chi connectivity index (χ1v) is 19.0. The summed E-state index contributed by atoms with van der Waals surface area (Å²) >= 11 is 0. The second-order valence-electron chi connectivity index (χ2n) is 12.9. The summed E-state index contributed by atoms with van der Waals surface area (Å²) < 4.78 is 33.3. The van der Waals surface area contributed by atoms with Crippen molar-refractivity contribution < 1.29 is 42.1 Å². The summed E-state index contributed by atoms with van der Waals surface area (Å²) in [5.41, 5.74) is 0. The molecule has 2 atom stereocenters. The molecule has 0 aliphatic carbocycles. The topological polar surface area (TPSA) is 111 Å². The highest BCUT2D eigenvalue weighted by Crippen LogP contribution is 2.38. The fraction of sp³-hybridized carbons (Fsp3) is 0.829. The highest BCUT2D eigenvalue weighted by atomic mass is 31.2. The van der Waals surface area contributed by atoms with E-state index in [-0.39, 0.29) is 26.1 Å². The van der Waals surface area contributed by atoms with Crippen molar-refractivity contribution in [2.24, 2.45) is 0 Å². The number of phosphoric acid groups is 1. The van der Waals surface area contributed by atoms with Crippen LogP contribution in [0.15, 0.2) is 24.3 Å². The number of carbonyl (C=O) groups excluding carboxylic acids is 2. The normalized spacial score (nSPS) is 14.2. The Labute approximate surface area is 275 Å². The Balaban J connectivity index is 4.24. The molecule has 0 heterocycles. The average Bonchev–Trinajstić information content (AvgIpc) is 2.97. The van der Waals surface area contributed by atoms with Crippen LogP contribution >= 0.6 is 7.82 Å². The van der Waals surface area contributed by atoms with E-state index in [4.69, 9.17) is 18.5 Å². The quantitative estimate of drug-likeness (QED) is 0.0241. The number of hydrogen-bond donors (Lipinski definition) is 0. The standard InChI is InChI=1S/C35H66NO8P/c1-6-8-10-11-12-13-14-15-16-17-18-19-20-21-22-23-24-26-28-35(38)44-33(31-41-34(37)27-25-9-7-2)32-43-45(39,40)42-30-29-36(3,4)5/h13-14,16-17,33H,6-12,15,18-32H2,1-5H3/b14-13-,17-16-. The maximum Gasteiger partial charge on any atom is 0.306 e. The van der Waals surface area contributed by atoms with E-state index in [1.807, 2.05) is 28.1 Å². The zero-order valence-electron chi connectivity index (χ0n) is 29.3. The molecule has 0 aliphatic rings. The Morgan fingerprint density at radius 1 is 0.689 bits per heavy atom. The molecule has 10 heteroatoms. The lowest BCUT2D eigenvalue weighted by Gasteiger charge is -2.28. The van der Waals surface area contributed by atoms with Gasteiger partial charge in [0, 0.05) is 12.8 Å². The molecule has 0 radical (unpaired) electrons. The van der Waals surface area contributed by atoms with E-state index in [0.29, 0.717) is 23.9 Å². The molecule has 0 amide bonds. The highest BCUT2D eigenvalue weighted by Gasteiger charge is 2.21. The number of esters is 2. The minimum Gasteiger partial charge on any atom is -0.756 e. The van der Waals surface area contributed by atoms with E-state index < -0.39 is 32.5 Å². The lowest BCUT2D eigenvalue weighted by Crippen LogP contribution is -2.37. The van der Waals surface area contributed by atoms with E-state index in [0.717, 1.165) is 44.9 Å². The number of likely N-dealkylation sites (N-methyl/N-ethyl adjacent to an activating group) is 1. The minimum absolute atomic E-state index is 0.0324. The van der Waals surface area contributed by atoms with Crippen LogP contribution in [0.1, 0.15) is 136 Å². The first kappa shape index (κ1) is 43.5. The molecule has 9 nitrogen and oxygen atoms in total. The molecule has 0 aromatic carbocycles. The van der Waals surface area contributed by atoms with Crippen molar-refractivity contribution in [2.75, 3.05) is 47.5 Å². The van der Waals surface area contributed by atoms with Crippen LogP contribution in [-0.4, -0.2) is 70.0 Å². The number of allylic oxidation sites excluding steroid dienone is 4. The van der Waals surface area contributed by atoms with Gasteiger partial charge in [-0.2, -0.15) is 0 Å². The van der Waals surface area contributed by atoms with Crippen LogP contribution in [0.5, 0.6) is 0 Å². The van der Waals surface area contributed by atoms with Crippen LogP contribution in [0.25, 0.3) is 0 Å². The van der Waals surface area contributed by atoms with Crippen LogP contribution in [0.2, 0.25) is 0 Å². The maximum atomic E-state index is 12.5. The van der Waals surface area contributed by atoms with Crippen molar-refractivity contribution in [3.63, 3.8) is 0 Å². The summed E-state index contributed by atoms with van der Waals surface area (Å²) in [6.45, 7) is 3.99. The number of hydrogen-bond acceptors (Lipinski definition) is 8. The van der Waals surface area contributed by atoms with Crippen LogP contribution in [0.3, 0.4) is 0 Å². The molecule has 0 N–H and O–H groups in total. The third-order valence-corrected chi connectivity index (χ3v) is 8.19. The lowest BCUT2D eigenvalue weighted by atomic mass is 10.1. The Morgan fingerprint density at radius 3 is 1.80 bits per heavy atom. The Hall–Kier alpha value is -1.51. The summed E-state index contributed by atoms with van der Waals surface area (Å²) in [4.78, 5) is 36.7. The first-order valence-electron chi connectivity index (χ1n) is 17.5. The average molecular weight is 660 g/mol. The molecule has 264 valence electrons. The van der Waals surface area contributed by atoms with Gasteiger partial charge in [0.15, 0.2) is 6.10 Å². The summed E-state index contributed by atoms with van der Waals surface area (Å²) in [5, 5.41) is 0. The second kappa shape index (κ2) is 28.7. The number of quaternary nitrogens is 1. The molecule has 0 aliphatic heterocycles. The third-order valence-electron chi connectivity index (χ3n) is 7.22. The van der Waals surface area contributed by atoms with Crippen LogP contribution in [0.4, 0.5) is 0 Å². The van der Waals surface area contributed by atoms with Crippen LogP contribution in [0, 0.1) is 0 Å². The number of rotatable bonds is 31. The molecule has 0 bridgehead atoms. The summed E-state index contributed by atoms with van der Waals surface area (Å²) in [5.74, 6) is -0.874. The minimum atomic E-state index is -4.60. The summed E-state index contributed by atoms with van der Waals surface area (Å²) in [6.07, 6.45) is 27.2. The molecular weight excluding hydrogens is 593 g/mol. The van der Waals surface area contributed by atoms with Crippen molar-refractivity contribution >= 4 is 19.8 Å². The first-order chi connectivity index (χ1) is 21.5. The number of ether oxygens (including phenoxy) is 2. The van der Waals surface area contributed by atoms with Crippen molar-refractivity contribution in [3.05, 3.63) is 24.3 Å². The van der Waals surface area contributed by atoms with Gasteiger partial charge in [-0.25, -0.2) is 0 Å². The van der Waals surface area contributed by atoms with Crippen molar-refractivity contribution in [3.8, 4) is 0 Å².